The van der Waals surface area contributed by atoms with Crippen molar-refractivity contribution in [2.75, 3.05) is 5.01 Å². The molecule has 8 nitrogen and oxygen atoms in total. The Balaban J connectivity index is 2.25. The average Bonchev–Trinajstić information content (AvgIpc) is 2.95. The van der Waals surface area contributed by atoms with Gasteiger partial charge in [0.05, 0.1) is 18.2 Å². The number of hydrazine groups is 1. The van der Waals surface area contributed by atoms with Crippen molar-refractivity contribution in [1.82, 2.24) is 5.43 Å². The second-order valence-electron chi connectivity index (χ2n) is 8.65. The van der Waals surface area contributed by atoms with Crippen molar-refractivity contribution < 1.29 is 14.4 Å². The third kappa shape index (κ3) is 3.50. The molecule has 7 N–H and O–H groups in total. The van der Waals surface area contributed by atoms with E-state index in [-0.39, 0.29) is 5.56 Å². The lowest BCUT2D eigenvalue weighted by molar-refractivity contribution is -0.139. The molecule has 1 unspecified atom stereocenters. The number of nitrogens with zero attached hydrogens (tertiary/aromatic N) is 1. The van der Waals surface area contributed by atoms with Crippen molar-refractivity contribution >= 4 is 23.4 Å². The van der Waals surface area contributed by atoms with Gasteiger partial charge in [-0.1, -0.05) is 51.1 Å². The lowest BCUT2D eigenvalue weighted by atomic mass is 9.65. The van der Waals surface area contributed by atoms with Crippen LogP contribution in [0.25, 0.3) is 0 Å². The van der Waals surface area contributed by atoms with Gasteiger partial charge in [0.25, 0.3) is 0 Å². The Hall–Kier alpha value is -3.39. The fourth-order valence-electron chi connectivity index (χ4n) is 4.30. The highest BCUT2D eigenvalue weighted by molar-refractivity contribution is 5.99. The fraction of sp³-hybridized carbons (Fsp3) is 0.318. The van der Waals surface area contributed by atoms with Crippen LogP contribution in [0.15, 0.2) is 48.5 Å². The summed E-state index contributed by atoms with van der Waals surface area (Å²) in [5.74, 6) is -3.08. The number of amides is 3. The molecule has 2 atom stereocenters. The summed E-state index contributed by atoms with van der Waals surface area (Å²) >= 11 is 0. The summed E-state index contributed by atoms with van der Waals surface area (Å²) in [6.45, 7) is 5.83. The summed E-state index contributed by atoms with van der Waals surface area (Å²) in [5.41, 5.74) is 20.2. The number of carbonyl (C=O) groups is 3. The molecule has 2 aromatic rings. The van der Waals surface area contributed by atoms with E-state index in [1.54, 1.807) is 17.1 Å². The molecule has 0 fully saturated rings. The average molecular weight is 409 g/mol. The Labute approximate surface area is 175 Å². The Morgan fingerprint density at radius 3 is 2.17 bits per heavy atom. The van der Waals surface area contributed by atoms with Gasteiger partial charge in [-0.15, -0.1) is 0 Å². The standard InChI is InChI=1S/C22H27N5O3/c1-21(2,3)17(19(24)29)22(20(25)30)15-11-14(18(23)28)9-10-16(15)27(26-22)12-13-7-5-4-6-8-13/h4-11,17,26H,12H2,1-3H3,(H2,23,28)(H2,24,29)(H2,25,30)/t17-,22?/m0/s1. The molecular formula is C22H27N5O3. The smallest absolute Gasteiger partial charge is 0.248 e. The van der Waals surface area contributed by atoms with Crippen LogP contribution in [-0.4, -0.2) is 17.7 Å². The predicted molar refractivity (Wildman–Crippen MR) is 114 cm³/mol. The number of hydrogen-bond donors (Lipinski definition) is 4. The first kappa shape index (κ1) is 21.3. The Kier molecular flexibility index (Phi) is 5.30. The zero-order valence-electron chi connectivity index (χ0n) is 17.3. The minimum absolute atomic E-state index is 0.208. The van der Waals surface area contributed by atoms with Crippen molar-refractivity contribution in [2.24, 2.45) is 28.5 Å². The molecule has 0 spiro atoms. The monoisotopic (exact) mass is 409 g/mol. The first-order chi connectivity index (χ1) is 14.0. The van der Waals surface area contributed by atoms with Crippen molar-refractivity contribution in [3.63, 3.8) is 0 Å². The first-order valence-electron chi connectivity index (χ1n) is 9.61. The van der Waals surface area contributed by atoms with E-state index in [1.807, 2.05) is 51.1 Å². The van der Waals surface area contributed by atoms with Crippen LogP contribution in [0, 0.1) is 11.3 Å². The normalized spacial score (nSPS) is 19.2. The molecule has 3 amide bonds. The second-order valence-corrected chi connectivity index (χ2v) is 8.65. The topological polar surface area (TPSA) is 145 Å². The number of benzene rings is 2. The summed E-state index contributed by atoms with van der Waals surface area (Å²) in [7, 11) is 0. The van der Waals surface area contributed by atoms with Gasteiger partial charge < -0.3 is 22.2 Å². The third-order valence-corrected chi connectivity index (χ3v) is 5.46. The molecule has 0 saturated carbocycles. The number of nitrogens with two attached hydrogens (primary N) is 3. The van der Waals surface area contributed by atoms with E-state index >= 15 is 0 Å². The highest BCUT2D eigenvalue weighted by Gasteiger charge is 2.58. The van der Waals surface area contributed by atoms with Crippen molar-refractivity contribution in [1.29, 1.82) is 0 Å². The van der Waals surface area contributed by atoms with E-state index in [0.29, 0.717) is 17.8 Å². The number of primary amides is 3. The number of fused-ring (bicyclic) bond motifs is 1. The van der Waals surface area contributed by atoms with Crippen molar-refractivity contribution in [3.8, 4) is 0 Å². The van der Waals surface area contributed by atoms with E-state index in [2.05, 4.69) is 5.43 Å². The van der Waals surface area contributed by atoms with E-state index in [1.165, 1.54) is 6.07 Å². The van der Waals surface area contributed by atoms with E-state index < -0.39 is 34.6 Å². The summed E-state index contributed by atoms with van der Waals surface area (Å²) in [6, 6.07) is 14.4. The quantitative estimate of drug-likeness (QED) is 0.565. The Morgan fingerprint density at radius 2 is 1.67 bits per heavy atom. The molecule has 1 heterocycles. The minimum Gasteiger partial charge on any atom is -0.369 e. The molecular weight excluding hydrogens is 382 g/mol. The van der Waals surface area contributed by atoms with Gasteiger partial charge in [-0.05, 0) is 29.2 Å². The SMILES string of the molecule is CC(C)(C)[C@H](C(N)=O)C1(C(N)=O)NN(Cc2ccccc2)c2ccc(C(N)=O)cc21. The van der Waals surface area contributed by atoms with Crippen LogP contribution in [0.2, 0.25) is 0 Å². The van der Waals surface area contributed by atoms with E-state index in [9.17, 15) is 14.4 Å². The number of carbonyl (C=O) groups excluding carboxylic acids is 3. The molecule has 0 bridgehead atoms. The highest BCUT2D eigenvalue weighted by atomic mass is 16.2. The van der Waals surface area contributed by atoms with Crippen molar-refractivity contribution in [3.05, 3.63) is 65.2 Å². The zero-order chi connectivity index (χ0) is 22.3. The zero-order valence-corrected chi connectivity index (χ0v) is 17.3. The molecule has 0 saturated heterocycles. The highest BCUT2D eigenvalue weighted by Crippen LogP contribution is 2.48. The molecule has 8 heteroatoms. The summed E-state index contributed by atoms with van der Waals surface area (Å²) in [5, 5.41) is 1.75. The maximum Gasteiger partial charge on any atom is 0.248 e. The number of hydrogen-bond acceptors (Lipinski definition) is 5. The maximum absolute atomic E-state index is 13.0. The lowest BCUT2D eigenvalue weighted by Gasteiger charge is -2.41. The minimum atomic E-state index is -1.64. The van der Waals surface area contributed by atoms with Gasteiger partial charge >= 0.3 is 0 Å². The number of rotatable bonds is 6. The fourth-order valence-corrected chi connectivity index (χ4v) is 4.30. The van der Waals surface area contributed by atoms with Crippen LogP contribution in [0.4, 0.5) is 5.69 Å². The van der Waals surface area contributed by atoms with Gasteiger partial charge in [-0.3, -0.25) is 14.4 Å². The third-order valence-electron chi connectivity index (χ3n) is 5.46. The van der Waals surface area contributed by atoms with Crippen molar-refractivity contribution in [2.45, 2.75) is 32.9 Å². The van der Waals surface area contributed by atoms with Crippen LogP contribution >= 0.6 is 0 Å². The molecule has 3 rings (SSSR count). The summed E-state index contributed by atoms with van der Waals surface area (Å²) in [6.07, 6.45) is 0. The molecule has 30 heavy (non-hydrogen) atoms. The van der Waals surface area contributed by atoms with Crippen LogP contribution in [0.1, 0.15) is 42.3 Å². The summed E-state index contributed by atoms with van der Waals surface area (Å²) in [4.78, 5) is 37.4. The molecule has 1 aliphatic rings. The number of nitrogens with one attached hydrogen (secondary N) is 1. The van der Waals surface area contributed by atoms with E-state index in [0.717, 1.165) is 5.56 Å². The molecule has 0 aliphatic carbocycles. The molecule has 0 radical (unpaired) electrons. The van der Waals surface area contributed by atoms with Gasteiger partial charge in [0.15, 0.2) is 5.54 Å². The Morgan fingerprint density at radius 1 is 1.03 bits per heavy atom. The van der Waals surface area contributed by atoms with Crippen LogP contribution in [-0.2, 0) is 21.7 Å². The molecule has 158 valence electrons. The second kappa shape index (κ2) is 7.46. The predicted octanol–water partition coefficient (Wildman–Crippen LogP) is 1.14. The van der Waals surface area contributed by atoms with E-state index in [4.69, 9.17) is 17.2 Å². The van der Waals surface area contributed by atoms with Gasteiger partial charge in [0, 0.05) is 11.1 Å². The van der Waals surface area contributed by atoms with Gasteiger partial charge in [-0.25, -0.2) is 5.43 Å². The Bertz CT molecular complexity index is 1000. The summed E-state index contributed by atoms with van der Waals surface area (Å²) < 4.78 is 0. The molecule has 0 aromatic heterocycles. The largest absolute Gasteiger partial charge is 0.369 e. The lowest BCUT2D eigenvalue weighted by Crippen LogP contribution is -2.64. The van der Waals surface area contributed by atoms with Gasteiger partial charge in [-0.2, -0.15) is 0 Å². The van der Waals surface area contributed by atoms with Gasteiger partial charge in [0.1, 0.15) is 0 Å². The molecule has 1 aliphatic heterocycles. The first-order valence-corrected chi connectivity index (χ1v) is 9.61. The van der Waals surface area contributed by atoms with Crippen LogP contribution < -0.4 is 27.6 Å². The maximum atomic E-state index is 13.0. The van der Waals surface area contributed by atoms with Crippen LogP contribution in [0.3, 0.4) is 0 Å². The molecule has 2 aromatic carbocycles. The van der Waals surface area contributed by atoms with Gasteiger partial charge in [0.2, 0.25) is 17.7 Å². The van der Waals surface area contributed by atoms with Crippen LogP contribution in [0.5, 0.6) is 0 Å². The number of anilines is 1.